The number of aliphatic hydroxyl groups is 11. The molecule has 3 heterocycles. The average molecular weight is 1530 g/mol. The summed E-state index contributed by atoms with van der Waals surface area (Å²) in [5.74, 6) is -0.280. The Hall–Kier alpha value is -3.03. The van der Waals surface area contributed by atoms with Gasteiger partial charge in [-0.25, -0.2) is 0 Å². The van der Waals surface area contributed by atoms with E-state index in [2.05, 4.69) is 92.1 Å². The minimum Gasteiger partial charge on any atom is -0.394 e. The highest BCUT2D eigenvalue weighted by molar-refractivity contribution is 5.76. The first-order valence-corrected chi connectivity index (χ1v) is 43.8. The fourth-order valence-corrected chi connectivity index (χ4v) is 14.5. The van der Waals surface area contributed by atoms with E-state index in [4.69, 9.17) is 28.4 Å². The van der Waals surface area contributed by atoms with E-state index in [1.165, 1.54) is 238 Å². The summed E-state index contributed by atoms with van der Waals surface area (Å²) in [7, 11) is 0. The fraction of sp³-hybridized carbons (Fsp3) is 0.831. The van der Waals surface area contributed by atoms with Crippen LogP contribution < -0.4 is 5.32 Å². The second kappa shape index (κ2) is 68.4. The zero-order chi connectivity index (χ0) is 78.1. The summed E-state index contributed by atoms with van der Waals surface area (Å²) < 4.78 is 34.5. The molecule has 0 saturated carbocycles. The Morgan fingerprint density at radius 2 is 0.648 bits per heavy atom. The lowest BCUT2D eigenvalue weighted by molar-refractivity contribution is -0.379. The van der Waals surface area contributed by atoms with Crippen molar-refractivity contribution >= 4 is 5.91 Å². The van der Waals surface area contributed by atoms with Gasteiger partial charge in [-0.1, -0.05) is 343 Å². The maximum absolute atomic E-state index is 13.5. The average Bonchev–Trinajstić information content (AvgIpc) is 0.775. The van der Waals surface area contributed by atoms with E-state index in [9.17, 15) is 61.0 Å². The molecule has 3 fully saturated rings. The van der Waals surface area contributed by atoms with Crippen LogP contribution in [0.25, 0.3) is 0 Å². The van der Waals surface area contributed by atoms with Gasteiger partial charge in [0.15, 0.2) is 18.9 Å². The molecule has 0 aromatic rings. The molecule has 0 spiro atoms. The van der Waals surface area contributed by atoms with Crippen LogP contribution in [0.15, 0.2) is 85.1 Å². The van der Waals surface area contributed by atoms with Crippen molar-refractivity contribution in [2.24, 2.45) is 0 Å². The second-order valence-corrected chi connectivity index (χ2v) is 31.0. The number of allylic oxidation sites excluding steroid dienone is 13. The first-order chi connectivity index (χ1) is 52.8. The molecule has 108 heavy (non-hydrogen) atoms. The molecule has 19 nitrogen and oxygen atoms in total. The molecular formula is C89H159NO18. The van der Waals surface area contributed by atoms with Gasteiger partial charge in [-0.05, 0) is 77.0 Å². The molecule has 3 rings (SSSR count). The van der Waals surface area contributed by atoms with Crippen molar-refractivity contribution in [3.05, 3.63) is 85.1 Å². The molecule has 0 bridgehead atoms. The van der Waals surface area contributed by atoms with Crippen molar-refractivity contribution in [2.75, 3.05) is 26.4 Å². The summed E-state index contributed by atoms with van der Waals surface area (Å²) in [6.07, 6.45) is 65.9. The third-order valence-electron chi connectivity index (χ3n) is 21.4. The molecule has 19 heteroatoms. The van der Waals surface area contributed by atoms with Crippen molar-refractivity contribution in [1.29, 1.82) is 0 Å². The van der Waals surface area contributed by atoms with Crippen molar-refractivity contribution < 1.29 is 89.4 Å². The molecule has 1 amide bonds. The van der Waals surface area contributed by atoms with Gasteiger partial charge in [0.2, 0.25) is 5.91 Å². The van der Waals surface area contributed by atoms with E-state index in [1.807, 2.05) is 6.08 Å². The Labute approximate surface area is 654 Å². The van der Waals surface area contributed by atoms with Gasteiger partial charge in [-0.15, -0.1) is 0 Å². The van der Waals surface area contributed by atoms with Crippen LogP contribution in [0.5, 0.6) is 0 Å². The van der Waals surface area contributed by atoms with Crippen LogP contribution in [-0.2, 0) is 33.2 Å². The number of hydrogen-bond acceptors (Lipinski definition) is 18. The summed E-state index contributed by atoms with van der Waals surface area (Å²) in [5, 5.41) is 121. The Kier molecular flexibility index (Phi) is 62.8. The van der Waals surface area contributed by atoms with E-state index in [-0.39, 0.29) is 18.9 Å². The molecule has 628 valence electrons. The predicted molar refractivity (Wildman–Crippen MR) is 434 cm³/mol. The highest BCUT2D eigenvalue weighted by Gasteiger charge is 2.54. The number of carbonyl (C=O) groups excluding carboxylic acids is 1. The molecule has 17 atom stereocenters. The topological polar surface area (TPSA) is 307 Å². The number of nitrogens with one attached hydrogen (secondary N) is 1. The Bertz CT molecular complexity index is 2280. The van der Waals surface area contributed by atoms with E-state index >= 15 is 0 Å². The minimum atomic E-state index is -1.98. The SMILES string of the molecule is CC/C=C\C/C=C\C/C=C\C/C=C\C/C=C\CCCCCCCCCCCCCCCCCCCCCCCCCC(=O)NC(COC1OC(CO)C(OC2OC(CO)C(OC3OC(CO)C(O)C(O)C3O)C(O)C2O)C(O)C1O)C(O)/C=C/CC/C=C/CCCCCCCCCCCCCCCCCCCC. The largest absolute Gasteiger partial charge is 0.394 e. The number of unbranched alkanes of at least 4 members (excludes halogenated alkanes) is 42. The monoisotopic (exact) mass is 1530 g/mol. The number of hydrogen-bond donors (Lipinski definition) is 12. The Morgan fingerprint density at radius 3 is 1.04 bits per heavy atom. The van der Waals surface area contributed by atoms with E-state index in [0.29, 0.717) is 12.8 Å². The van der Waals surface area contributed by atoms with Crippen molar-refractivity contribution in [3.8, 4) is 0 Å². The maximum atomic E-state index is 13.5. The summed E-state index contributed by atoms with van der Waals surface area (Å²) in [6, 6.07) is -0.993. The molecule has 0 aromatic carbocycles. The van der Waals surface area contributed by atoms with Crippen molar-refractivity contribution in [1.82, 2.24) is 5.32 Å². The molecule has 17 unspecified atom stereocenters. The van der Waals surface area contributed by atoms with Gasteiger partial charge in [-0.2, -0.15) is 0 Å². The minimum absolute atomic E-state index is 0.236. The van der Waals surface area contributed by atoms with Crippen LogP contribution in [0.3, 0.4) is 0 Å². The molecule has 0 aromatic heterocycles. The van der Waals surface area contributed by atoms with Crippen molar-refractivity contribution in [3.63, 3.8) is 0 Å². The predicted octanol–water partition coefficient (Wildman–Crippen LogP) is 16.1. The summed E-state index contributed by atoms with van der Waals surface area (Å²) in [6.45, 7) is 1.65. The Morgan fingerprint density at radius 1 is 0.343 bits per heavy atom. The van der Waals surface area contributed by atoms with Crippen LogP contribution in [0, 0.1) is 0 Å². The number of ether oxygens (including phenoxy) is 6. The number of aliphatic hydroxyl groups excluding tert-OH is 11. The van der Waals surface area contributed by atoms with Crippen molar-refractivity contribution in [2.45, 2.75) is 446 Å². The third kappa shape index (κ3) is 47.0. The molecule has 0 radical (unpaired) electrons. The highest BCUT2D eigenvalue weighted by Crippen LogP contribution is 2.33. The quantitative estimate of drug-likeness (QED) is 0.0199. The van der Waals surface area contributed by atoms with Crippen LogP contribution in [-0.4, -0.2) is 193 Å². The lowest BCUT2D eigenvalue weighted by Crippen LogP contribution is -2.66. The highest BCUT2D eigenvalue weighted by atomic mass is 16.8. The Balaban J connectivity index is 1.32. The van der Waals surface area contributed by atoms with Gasteiger partial charge in [-0.3, -0.25) is 4.79 Å². The van der Waals surface area contributed by atoms with Crippen LogP contribution in [0.1, 0.15) is 341 Å². The van der Waals surface area contributed by atoms with E-state index < -0.39 is 124 Å². The standard InChI is InChI=1S/C89H159NO18/c1-3-5-7-9-11-13-15-17-19-21-23-25-27-29-30-31-32-33-34-35-36-37-38-39-40-41-42-43-45-47-49-51-53-55-57-59-61-63-65-67-77(95)90-72(73(94)66-64-62-60-58-56-54-52-50-48-46-44-28-26-24-22-20-18-16-14-12-10-8-6-4-2)71-103-87-83(101)80(98)85(75(69-92)105-87)108-89-84(102)81(99)86(76(70-93)106-89)107-88-82(100)79(97)78(96)74(68-91)104-88/h5,7,11,13,17,19,23,25,29-30,56,58,64,66,72-76,78-89,91-94,96-102H,3-4,6,8-10,12,14-16,18,20-22,24,26-28,31-55,57,59-63,65,67-71H2,1-2H3,(H,90,95)/b7-5-,13-11-,19-17-,25-23-,30-29-,58-56+,66-64+. The molecule has 0 aliphatic carbocycles. The molecule has 12 N–H and O–H groups in total. The third-order valence-corrected chi connectivity index (χ3v) is 21.4. The van der Waals surface area contributed by atoms with E-state index in [0.717, 1.165) is 70.6 Å². The van der Waals surface area contributed by atoms with Gasteiger partial charge in [0.25, 0.3) is 0 Å². The molecule has 3 aliphatic heterocycles. The van der Waals surface area contributed by atoms with Gasteiger partial charge in [0, 0.05) is 6.42 Å². The smallest absolute Gasteiger partial charge is 0.220 e. The van der Waals surface area contributed by atoms with Gasteiger partial charge >= 0.3 is 0 Å². The summed E-state index contributed by atoms with van der Waals surface area (Å²) in [4.78, 5) is 13.5. The van der Waals surface area contributed by atoms with E-state index in [1.54, 1.807) is 6.08 Å². The van der Waals surface area contributed by atoms with Crippen LogP contribution in [0.2, 0.25) is 0 Å². The lowest BCUT2D eigenvalue weighted by Gasteiger charge is -2.48. The number of rotatable bonds is 70. The second-order valence-electron chi connectivity index (χ2n) is 31.0. The summed E-state index contributed by atoms with van der Waals surface area (Å²) in [5.41, 5.74) is 0. The first-order valence-electron chi connectivity index (χ1n) is 43.8. The molecular weight excluding hydrogens is 1370 g/mol. The zero-order valence-corrected chi connectivity index (χ0v) is 67.6. The first kappa shape index (κ1) is 99.2. The number of carbonyl (C=O) groups is 1. The maximum Gasteiger partial charge on any atom is 0.220 e. The van der Waals surface area contributed by atoms with Gasteiger partial charge < -0.3 is 89.9 Å². The summed E-state index contributed by atoms with van der Waals surface area (Å²) >= 11 is 0. The van der Waals surface area contributed by atoms with Crippen LogP contribution in [0.4, 0.5) is 0 Å². The lowest BCUT2D eigenvalue weighted by atomic mass is 9.96. The normalized spacial score (nSPS) is 25.8. The van der Waals surface area contributed by atoms with Gasteiger partial charge in [0.05, 0.1) is 38.6 Å². The van der Waals surface area contributed by atoms with Crippen LogP contribution >= 0.6 is 0 Å². The number of amides is 1. The molecule has 3 saturated heterocycles. The van der Waals surface area contributed by atoms with Gasteiger partial charge in [0.1, 0.15) is 73.2 Å². The molecule has 3 aliphatic rings. The zero-order valence-electron chi connectivity index (χ0n) is 67.6. The fourth-order valence-electron chi connectivity index (χ4n) is 14.5.